The van der Waals surface area contributed by atoms with Crippen molar-refractivity contribution in [2.75, 3.05) is 11.5 Å². The van der Waals surface area contributed by atoms with Crippen LogP contribution in [0.4, 0.5) is 0 Å². The molecule has 0 aromatic heterocycles. The van der Waals surface area contributed by atoms with E-state index in [1.807, 2.05) is 38.1 Å². The lowest BCUT2D eigenvalue weighted by molar-refractivity contribution is 0.500. The van der Waals surface area contributed by atoms with Gasteiger partial charge in [-0.1, -0.05) is 36.7 Å². The standard InChI is InChI=1S/C13H20ClNO2S/c1-4-18(16,17)9-10(2)15-11(3)12-7-5-6-8-13(12)14/h5-8,10-11,15H,4,9H2,1-3H3/t10?,11-/m0/s1. The third-order valence-corrected chi connectivity index (χ3v) is 5.08. The molecule has 102 valence electrons. The summed E-state index contributed by atoms with van der Waals surface area (Å²) in [5.41, 5.74) is 0.986. The highest BCUT2D eigenvalue weighted by molar-refractivity contribution is 7.91. The van der Waals surface area contributed by atoms with Crippen LogP contribution in [0.1, 0.15) is 32.4 Å². The second kappa shape index (κ2) is 6.55. The minimum Gasteiger partial charge on any atom is -0.307 e. The maximum Gasteiger partial charge on any atom is 0.151 e. The van der Waals surface area contributed by atoms with Crippen molar-refractivity contribution in [3.8, 4) is 0 Å². The van der Waals surface area contributed by atoms with Crippen LogP contribution in [0.3, 0.4) is 0 Å². The predicted octanol–water partition coefficient (Wildman–Crippen LogP) is 2.81. The molecule has 1 aromatic carbocycles. The van der Waals surface area contributed by atoms with Gasteiger partial charge in [-0.05, 0) is 25.5 Å². The Morgan fingerprint density at radius 3 is 2.44 bits per heavy atom. The summed E-state index contributed by atoms with van der Waals surface area (Å²) in [6.07, 6.45) is 0. The molecule has 1 unspecified atom stereocenters. The Morgan fingerprint density at radius 2 is 1.89 bits per heavy atom. The molecular weight excluding hydrogens is 270 g/mol. The Kier molecular flexibility index (Phi) is 5.63. The van der Waals surface area contributed by atoms with E-state index in [4.69, 9.17) is 11.6 Å². The van der Waals surface area contributed by atoms with E-state index in [1.165, 1.54) is 0 Å². The summed E-state index contributed by atoms with van der Waals surface area (Å²) in [6, 6.07) is 7.52. The van der Waals surface area contributed by atoms with E-state index in [0.29, 0.717) is 5.02 Å². The molecule has 0 spiro atoms. The summed E-state index contributed by atoms with van der Waals surface area (Å²) < 4.78 is 23.1. The Balaban J connectivity index is 2.66. The molecule has 0 aliphatic heterocycles. The quantitative estimate of drug-likeness (QED) is 0.876. The van der Waals surface area contributed by atoms with Gasteiger partial charge in [-0.15, -0.1) is 0 Å². The van der Waals surface area contributed by atoms with Gasteiger partial charge < -0.3 is 5.32 Å². The van der Waals surface area contributed by atoms with Crippen LogP contribution in [0.5, 0.6) is 0 Å². The minimum absolute atomic E-state index is 0.0285. The third kappa shape index (κ3) is 4.59. The molecule has 0 bridgehead atoms. The summed E-state index contributed by atoms with van der Waals surface area (Å²) >= 11 is 6.10. The first-order chi connectivity index (χ1) is 8.35. The summed E-state index contributed by atoms with van der Waals surface area (Å²) in [4.78, 5) is 0. The van der Waals surface area contributed by atoms with E-state index >= 15 is 0 Å². The highest BCUT2D eigenvalue weighted by atomic mass is 35.5. The van der Waals surface area contributed by atoms with Gasteiger partial charge in [-0.25, -0.2) is 8.42 Å². The molecule has 1 rings (SSSR count). The van der Waals surface area contributed by atoms with Crippen molar-refractivity contribution in [2.45, 2.75) is 32.9 Å². The van der Waals surface area contributed by atoms with E-state index in [2.05, 4.69) is 5.32 Å². The van der Waals surface area contributed by atoms with E-state index in [1.54, 1.807) is 6.92 Å². The summed E-state index contributed by atoms with van der Waals surface area (Å²) in [7, 11) is -2.95. The summed E-state index contributed by atoms with van der Waals surface area (Å²) in [5.74, 6) is 0.331. The van der Waals surface area contributed by atoms with E-state index in [-0.39, 0.29) is 23.6 Å². The maximum atomic E-state index is 11.5. The van der Waals surface area contributed by atoms with Gasteiger partial charge in [0.2, 0.25) is 0 Å². The molecule has 0 saturated carbocycles. The highest BCUT2D eigenvalue weighted by Gasteiger charge is 2.17. The van der Waals surface area contributed by atoms with Crippen LogP contribution >= 0.6 is 11.6 Å². The van der Waals surface area contributed by atoms with Crippen molar-refractivity contribution in [3.63, 3.8) is 0 Å². The number of rotatable bonds is 6. The van der Waals surface area contributed by atoms with E-state index in [9.17, 15) is 8.42 Å². The normalized spacial score (nSPS) is 15.3. The highest BCUT2D eigenvalue weighted by Crippen LogP contribution is 2.22. The van der Waals surface area contributed by atoms with Gasteiger partial charge in [0.15, 0.2) is 9.84 Å². The molecule has 0 aliphatic rings. The molecule has 0 amide bonds. The zero-order chi connectivity index (χ0) is 13.8. The maximum absolute atomic E-state index is 11.5. The van der Waals surface area contributed by atoms with Crippen LogP contribution in [0.2, 0.25) is 5.02 Å². The monoisotopic (exact) mass is 289 g/mol. The van der Waals surface area contributed by atoms with Crippen LogP contribution in [-0.4, -0.2) is 26.0 Å². The van der Waals surface area contributed by atoms with Gasteiger partial charge in [-0.2, -0.15) is 0 Å². The van der Waals surface area contributed by atoms with Gasteiger partial charge in [-0.3, -0.25) is 0 Å². The second-order valence-corrected chi connectivity index (χ2v) is 7.31. The molecule has 3 nitrogen and oxygen atoms in total. The topological polar surface area (TPSA) is 46.2 Å². The van der Waals surface area contributed by atoms with Crippen LogP contribution in [-0.2, 0) is 9.84 Å². The first-order valence-corrected chi connectivity index (χ1v) is 8.26. The molecular formula is C13H20ClNO2S. The fourth-order valence-electron chi connectivity index (χ4n) is 1.89. The number of benzene rings is 1. The average Bonchev–Trinajstić information content (AvgIpc) is 2.28. The van der Waals surface area contributed by atoms with Gasteiger partial charge in [0.1, 0.15) is 0 Å². The van der Waals surface area contributed by atoms with Crippen molar-refractivity contribution >= 4 is 21.4 Å². The van der Waals surface area contributed by atoms with Crippen LogP contribution in [0.15, 0.2) is 24.3 Å². The van der Waals surface area contributed by atoms with E-state index in [0.717, 1.165) is 5.56 Å². The smallest absolute Gasteiger partial charge is 0.151 e. The van der Waals surface area contributed by atoms with Crippen molar-refractivity contribution in [1.82, 2.24) is 5.32 Å². The first-order valence-electron chi connectivity index (χ1n) is 6.06. The average molecular weight is 290 g/mol. The Labute approximate surface area is 114 Å². The molecule has 0 aliphatic carbocycles. The first kappa shape index (κ1) is 15.5. The van der Waals surface area contributed by atoms with Gasteiger partial charge in [0.05, 0.1) is 5.75 Å². The molecule has 5 heteroatoms. The number of halogens is 1. The minimum atomic E-state index is -2.95. The van der Waals surface area contributed by atoms with Gasteiger partial charge >= 0.3 is 0 Å². The molecule has 1 aromatic rings. The Bertz CT molecular complexity index is 488. The van der Waals surface area contributed by atoms with Gasteiger partial charge in [0, 0.05) is 22.9 Å². The molecule has 18 heavy (non-hydrogen) atoms. The zero-order valence-corrected chi connectivity index (χ0v) is 12.6. The van der Waals surface area contributed by atoms with Crippen molar-refractivity contribution in [2.24, 2.45) is 0 Å². The largest absolute Gasteiger partial charge is 0.307 e. The fourth-order valence-corrected chi connectivity index (χ4v) is 3.28. The Morgan fingerprint density at radius 1 is 1.28 bits per heavy atom. The lowest BCUT2D eigenvalue weighted by Crippen LogP contribution is -2.35. The summed E-state index contributed by atoms with van der Waals surface area (Å²) in [5, 5.41) is 3.96. The third-order valence-electron chi connectivity index (χ3n) is 2.85. The van der Waals surface area contributed by atoms with Crippen LogP contribution in [0.25, 0.3) is 0 Å². The van der Waals surface area contributed by atoms with Gasteiger partial charge in [0.25, 0.3) is 0 Å². The lowest BCUT2D eigenvalue weighted by atomic mass is 10.1. The number of nitrogens with one attached hydrogen (secondary N) is 1. The molecule has 2 atom stereocenters. The number of hydrogen-bond acceptors (Lipinski definition) is 3. The van der Waals surface area contributed by atoms with Crippen molar-refractivity contribution in [1.29, 1.82) is 0 Å². The van der Waals surface area contributed by atoms with Crippen molar-refractivity contribution in [3.05, 3.63) is 34.9 Å². The molecule has 0 saturated heterocycles. The fraction of sp³-hybridized carbons (Fsp3) is 0.538. The molecule has 0 fully saturated rings. The number of hydrogen-bond donors (Lipinski definition) is 1. The van der Waals surface area contributed by atoms with E-state index < -0.39 is 9.84 Å². The van der Waals surface area contributed by atoms with Crippen LogP contribution in [0, 0.1) is 0 Å². The Hall–Kier alpha value is -0.580. The SMILES string of the molecule is CCS(=O)(=O)CC(C)N[C@@H](C)c1ccccc1Cl. The second-order valence-electron chi connectivity index (χ2n) is 4.51. The predicted molar refractivity (Wildman–Crippen MR) is 76.8 cm³/mol. The molecule has 0 heterocycles. The molecule has 0 radical (unpaired) electrons. The molecule has 1 N–H and O–H groups in total. The van der Waals surface area contributed by atoms with Crippen LogP contribution < -0.4 is 5.32 Å². The number of sulfone groups is 1. The van der Waals surface area contributed by atoms with Crippen molar-refractivity contribution < 1.29 is 8.42 Å². The summed E-state index contributed by atoms with van der Waals surface area (Å²) in [6.45, 7) is 5.52. The lowest BCUT2D eigenvalue weighted by Gasteiger charge is -2.21. The zero-order valence-electron chi connectivity index (χ0n) is 11.0.